The molecule has 0 nitrogen and oxygen atoms in total. The summed E-state index contributed by atoms with van der Waals surface area (Å²) in [5.74, 6) is 1.28. The summed E-state index contributed by atoms with van der Waals surface area (Å²) in [6, 6.07) is 4.73. The second-order valence-electron chi connectivity index (χ2n) is 7.42. The number of rotatable bonds is 0. The predicted octanol–water partition coefficient (Wildman–Crippen LogP) is 5.32. The standard InChI is InChI=1S/C17H26S/c1-16(2,3)13-9-10-14-12(8-7-11-18-14)15(13)17(4,5)6/h9-10H,7-8,11H2,1-6H3. The first-order valence-electron chi connectivity index (χ1n) is 7.01. The fourth-order valence-electron chi connectivity index (χ4n) is 2.92. The Bertz CT molecular complexity index is 444. The van der Waals surface area contributed by atoms with Crippen LogP contribution in [0.4, 0.5) is 0 Å². The molecular formula is C17H26S. The van der Waals surface area contributed by atoms with Gasteiger partial charge in [0.05, 0.1) is 0 Å². The van der Waals surface area contributed by atoms with Crippen molar-refractivity contribution in [1.29, 1.82) is 0 Å². The van der Waals surface area contributed by atoms with Crippen molar-refractivity contribution in [2.75, 3.05) is 5.75 Å². The number of fused-ring (bicyclic) bond motifs is 1. The third-order valence-corrected chi connectivity index (χ3v) is 4.84. The molecule has 0 aromatic heterocycles. The Kier molecular flexibility index (Phi) is 3.57. The van der Waals surface area contributed by atoms with Gasteiger partial charge in [-0.3, -0.25) is 0 Å². The minimum Gasteiger partial charge on any atom is -0.126 e. The van der Waals surface area contributed by atoms with Gasteiger partial charge in [-0.05, 0) is 52.2 Å². The second-order valence-corrected chi connectivity index (χ2v) is 8.55. The van der Waals surface area contributed by atoms with Gasteiger partial charge in [-0.25, -0.2) is 0 Å². The van der Waals surface area contributed by atoms with E-state index < -0.39 is 0 Å². The van der Waals surface area contributed by atoms with E-state index >= 15 is 0 Å². The normalized spacial score (nSPS) is 16.6. The molecule has 0 saturated heterocycles. The Morgan fingerprint density at radius 2 is 1.61 bits per heavy atom. The summed E-state index contributed by atoms with van der Waals surface area (Å²) in [4.78, 5) is 1.53. The van der Waals surface area contributed by atoms with E-state index in [9.17, 15) is 0 Å². The van der Waals surface area contributed by atoms with E-state index in [0.717, 1.165) is 0 Å². The van der Waals surface area contributed by atoms with Gasteiger partial charge in [-0.15, -0.1) is 11.8 Å². The van der Waals surface area contributed by atoms with Crippen molar-refractivity contribution in [1.82, 2.24) is 0 Å². The van der Waals surface area contributed by atoms with Gasteiger partial charge in [0.2, 0.25) is 0 Å². The fourth-order valence-corrected chi connectivity index (χ4v) is 3.98. The van der Waals surface area contributed by atoms with E-state index in [4.69, 9.17) is 0 Å². The third kappa shape index (κ3) is 2.61. The van der Waals surface area contributed by atoms with Crippen molar-refractivity contribution in [3.8, 4) is 0 Å². The van der Waals surface area contributed by atoms with Crippen LogP contribution in [0, 0.1) is 0 Å². The lowest BCUT2D eigenvalue weighted by molar-refractivity contribution is 0.521. The number of benzene rings is 1. The topological polar surface area (TPSA) is 0 Å². The number of thioether (sulfide) groups is 1. The SMILES string of the molecule is CC(C)(C)c1ccc2c(c1C(C)(C)C)CCCS2. The quantitative estimate of drug-likeness (QED) is 0.610. The Balaban J connectivity index is 2.69. The van der Waals surface area contributed by atoms with E-state index in [1.165, 1.54) is 29.1 Å². The zero-order valence-corrected chi connectivity index (χ0v) is 13.5. The van der Waals surface area contributed by atoms with E-state index in [1.807, 2.05) is 11.8 Å². The lowest BCUT2D eigenvalue weighted by atomic mass is 9.72. The highest BCUT2D eigenvalue weighted by Gasteiger charge is 2.29. The van der Waals surface area contributed by atoms with Crippen LogP contribution in [0.1, 0.15) is 64.7 Å². The molecule has 0 unspecified atom stereocenters. The molecule has 100 valence electrons. The first-order chi connectivity index (χ1) is 8.21. The molecule has 1 aromatic rings. The largest absolute Gasteiger partial charge is 0.126 e. The van der Waals surface area contributed by atoms with Crippen molar-refractivity contribution >= 4 is 11.8 Å². The van der Waals surface area contributed by atoms with E-state index in [-0.39, 0.29) is 10.8 Å². The van der Waals surface area contributed by atoms with Crippen LogP contribution in [0.15, 0.2) is 17.0 Å². The Morgan fingerprint density at radius 1 is 0.944 bits per heavy atom. The molecule has 2 rings (SSSR count). The molecule has 0 radical (unpaired) electrons. The van der Waals surface area contributed by atoms with Gasteiger partial charge in [-0.1, -0.05) is 47.6 Å². The fraction of sp³-hybridized carbons (Fsp3) is 0.647. The molecule has 1 heterocycles. The van der Waals surface area contributed by atoms with Gasteiger partial charge in [0.1, 0.15) is 0 Å². The second kappa shape index (κ2) is 4.59. The van der Waals surface area contributed by atoms with Crippen LogP contribution >= 0.6 is 11.8 Å². The van der Waals surface area contributed by atoms with E-state index in [0.29, 0.717) is 0 Å². The van der Waals surface area contributed by atoms with Crippen molar-refractivity contribution in [3.05, 3.63) is 28.8 Å². The first kappa shape index (κ1) is 14.0. The third-order valence-electron chi connectivity index (χ3n) is 3.66. The van der Waals surface area contributed by atoms with Gasteiger partial charge >= 0.3 is 0 Å². The number of hydrogen-bond donors (Lipinski definition) is 0. The van der Waals surface area contributed by atoms with Crippen LogP contribution in [0.25, 0.3) is 0 Å². The Morgan fingerprint density at radius 3 is 2.17 bits per heavy atom. The predicted molar refractivity (Wildman–Crippen MR) is 82.9 cm³/mol. The van der Waals surface area contributed by atoms with Gasteiger partial charge < -0.3 is 0 Å². The Labute approximate surface area is 117 Å². The van der Waals surface area contributed by atoms with Crippen LogP contribution in [0.2, 0.25) is 0 Å². The molecule has 1 aliphatic heterocycles. The molecule has 1 aliphatic rings. The maximum absolute atomic E-state index is 2.37. The molecule has 0 atom stereocenters. The summed E-state index contributed by atoms with van der Waals surface area (Å²) in [6.45, 7) is 14.1. The molecule has 0 amide bonds. The lowest BCUT2D eigenvalue weighted by Crippen LogP contribution is -2.25. The van der Waals surface area contributed by atoms with Gasteiger partial charge in [-0.2, -0.15) is 0 Å². The lowest BCUT2D eigenvalue weighted by Gasteiger charge is -2.34. The maximum atomic E-state index is 2.37. The summed E-state index contributed by atoms with van der Waals surface area (Å²) in [6.07, 6.45) is 2.59. The minimum atomic E-state index is 0.236. The zero-order valence-electron chi connectivity index (χ0n) is 12.7. The smallest absolute Gasteiger partial charge is 0.0107 e. The summed E-state index contributed by atoms with van der Waals surface area (Å²) >= 11 is 2.04. The average Bonchev–Trinajstić information content (AvgIpc) is 2.24. The minimum absolute atomic E-state index is 0.236. The molecule has 18 heavy (non-hydrogen) atoms. The van der Waals surface area contributed by atoms with E-state index in [1.54, 1.807) is 11.1 Å². The average molecular weight is 262 g/mol. The molecule has 1 aromatic carbocycles. The van der Waals surface area contributed by atoms with Gasteiger partial charge in [0, 0.05) is 4.90 Å². The molecule has 0 fully saturated rings. The highest BCUT2D eigenvalue weighted by molar-refractivity contribution is 7.99. The highest BCUT2D eigenvalue weighted by Crippen LogP contribution is 2.42. The summed E-state index contributed by atoms with van der Waals surface area (Å²) in [5.41, 5.74) is 5.26. The van der Waals surface area contributed by atoms with Crippen molar-refractivity contribution in [2.45, 2.75) is 70.1 Å². The van der Waals surface area contributed by atoms with Gasteiger partial charge in [0.25, 0.3) is 0 Å². The van der Waals surface area contributed by atoms with Crippen LogP contribution in [0.3, 0.4) is 0 Å². The first-order valence-corrected chi connectivity index (χ1v) is 7.99. The van der Waals surface area contributed by atoms with Crippen LogP contribution in [-0.4, -0.2) is 5.75 Å². The van der Waals surface area contributed by atoms with Crippen molar-refractivity contribution in [2.24, 2.45) is 0 Å². The monoisotopic (exact) mass is 262 g/mol. The zero-order chi connectivity index (χ0) is 13.6. The molecule has 0 bridgehead atoms. The van der Waals surface area contributed by atoms with E-state index in [2.05, 4.69) is 53.7 Å². The highest BCUT2D eigenvalue weighted by atomic mass is 32.2. The number of hydrogen-bond acceptors (Lipinski definition) is 1. The van der Waals surface area contributed by atoms with Crippen molar-refractivity contribution < 1.29 is 0 Å². The summed E-state index contributed by atoms with van der Waals surface area (Å²) < 4.78 is 0. The summed E-state index contributed by atoms with van der Waals surface area (Å²) in [5, 5.41) is 0. The van der Waals surface area contributed by atoms with Crippen LogP contribution in [0.5, 0.6) is 0 Å². The molecular weight excluding hydrogens is 236 g/mol. The molecule has 0 aliphatic carbocycles. The van der Waals surface area contributed by atoms with Crippen molar-refractivity contribution in [3.63, 3.8) is 0 Å². The molecule has 0 spiro atoms. The summed E-state index contributed by atoms with van der Waals surface area (Å²) in [7, 11) is 0. The molecule has 1 heteroatoms. The van der Waals surface area contributed by atoms with Crippen LogP contribution < -0.4 is 0 Å². The maximum Gasteiger partial charge on any atom is 0.0107 e. The van der Waals surface area contributed by atoms with Crippen LogP contribution in [-0.2, 0) is 17.3 Å². The molecule has 0 N–H and O–H groups in total. The Hall–Kier alpha value is -0.430. The molecule has 0 saturated carbocycles. The van der Waals surface area contributed by atoms with Gasteiger partial charge in [0.15, 0.2) is 0 Å².